The highest BCUT2D eigenvalue weighted by atomic mass is 19.2. The Morgan fingerprint density at radius 3 is 2.53 bits per heavy atom. The molecule has 0 aliphatic carbocycles. The maximum atomic E-state index is 13.6. The van der Waals surface area contributed by atoms with Crippen LogP contribution in [0.2, 0.25) is 0 Å². The van der Waals surface area contributed by atoms with Crippen molar-refractivity contribution in [2.75, 3.05) is 20.5 Å². The number of rotatable bonds is 6. The summed E-state index contributed by atoms with van der Waals surface area (Å²) in [6, 6.07) is 1.81. The van der Waals surface area contributed by atoms with Crippen LogP contribution in [0.3, 0.4) is 0 Å². The molecule has 19 heavy (non-hydrogen) atoms. The molecule has 0 aliphatic rings. The van der Waals surface area contributed by atoms with E-state index in [1.54, 1.807) is 0 Å². The fourth-order valence-electron chi connectivity index (χ4n) is 1.29. The molecule has 7 heteroatoms. The van der Waals surface area contributed by atoms with Gasteiger partial charge in [0.05, 0.1) is 6.61 Å². The molecule has 0 heterocycles. The summed E-state index contributed by atoms with van der Waals surface area (Å²) in [7, 11) is 1.31. The summed E-state index contributed by atoms with van der Waals surface area (Å²) in [6.07, 6.45) is 0. The molecule has 0 fully saturated rings. The Labute approximate surface area is 108 Å². The molecule has 0 radical (unpaired) electrons. The molecule has 5 nitrogen and oxygen atoms in total. The second-order valence-corrected chi connectivity index (χ2v) is 3.33. The van der Waals surface area contributed by atoms with Crippen LogP contribution >= 0.6 is 0 Å². The Kier molecular flexibility index (Phi) is 5.37. The lowest BCUT2D eigenvalue weighted by Gasteiger charge is -2.10. The average Bonchev–Trinajstić information content (AvgIpc) is 2.39. The fourth-order valence-corrected chi connectivity index (χ4v) is 1.29. The van der Waals surface area contributed by atoms with Gasteiger partial charge in [0, 0.05) is 7.11 Å². The van der Waals surface area contributed by atoms with Gasteiger partial charge in [0.25, 0.3) is 5.78 Å². The standard InChI is InChI=1S/C12H12F2O5/c1-3-18-12(16)11(15)9-8(19-6-17-2)5-4-7(13)10(9)14/h4-5H,3,6H2,1-2H3. The Bertz CT molecular complexity index is 487. The Morgan fingerprint density at radius 2 is 1.95 bits per heavy atom. The van der Waals surface area contributed by atoms with Gasteiger partial charge in [-0.3, -0.25) is 4.79 Å². The molecule has 1 aromatic carbocycles. The van der Waals surface area contributed by atoms with Crippen LogP contribution in [0, 0.1) is 11.6 Å². The van der Waals surface area contributed by atoms with Gasteiger partial charge in [-0.1, -0.05) is 0 Å². The van der Waals surface area contributed by atoms with Crippen molar-refractivity contribution in [3.05, 3.63) is 29.3 Å². The van der Waals surface area contributed by atoms with Crippen molar-refractivity contribution in [3.8, 4) is 5.75 Å². The number of Topliss-reactive ketones (excluding diaryl/α,β-unsaturated/α-hetero) is 1. The summed E-state index contributed by atoms with van der Waals surface area (Å²) in [4.78, 5) is 23.0. The molecular weight excluding hydrogens is 262 g/mol. The number of ether oxygens (including phenoxy) is 3. The van der Waals surface area contributed by atoms with E-state index < -0.39 is 29.0 Å². The van der Waals surface area contributed by atoms with Crippen molar-refractivity contribution in [3.63, 3.8) is 0 Å². The first-order valence-electron chi connectivity index (χ1n) is 5.34. The number of benzene rings is 1. The van der Waals surface area contributed by atoms with Gasteiger partial charge in [-0.15, -0.1) is 0 Å². The monoisotopic (exact) mass is 274 g/mol. The Hall–Kier alpha value is -2.02. The SMILES string of the molecule is CCOC(=O)C(=O)c1c(OCOC)ccc(F)c1F. The molecule has 0 unspecified atom stereocenters. The van der Waals surface area contributed by atoms with Crippen molar-refractivity contribution in [1.82, 2.24) is 0 Å². The van der Waals surface area contributed by atoms with E-state index >= 15 is 0 Å². The van der Waals surface area contributed by atoms with Crippen molar-refractivity contribution in [2.24, 2.45) is 0 Å². The van der Waals surface area contributed by atoms with Crippen LogP contribution in [0.15, 0.2) is 12.1 Å². The van der Waals surface area contributed by atoms with Gasteiger partial charge >= 0.3 is 5.97 Å². The van der Waals surface area contributed by atoms with E-state index in [-0.39, 0.29) is 19.1 Å². The maximum Gasteiger partial charge on any atom is 0.379 e. The topological polar surface area (TPSA) is 61.8 Å². The minimum absolute atomic E-state index is 0.0598. The van der Waals surface area contributed by atoms with Crippen LogP contribution in [0.25, 0.3) is 0 Å². The summed E-state index contributed by atoms with van der Waals surface area (Å²) >= 11 is 0. The molecule has 104 valence electrons. The highest BCUT2D eigenvalue weighted by Crippen LogP contribution is 2.25. The van der Waals surface area contributed by atoms with Crippen molar-refractivity contribution >= 4 is 11.8 Å². The number of carbonyl (C=O) groups is 2. The van der Waals surface area contributed by atoms with E-state index in [0.29, 0.717) is 0 Å². The summed E-state index contributed by atoms with van der Waals surface area (Å²) in [5.74, 6) is -5.62. The number of carbonyl (C=O) groups excluding carboxylic acids is 2. The molecule has 0 N–H and O–H groups in total. The molecular formula is C12H12F2O5. The summed E-state index contributed by atoms with van der Waals surface area (Å²) < 4.78 is 40.7. The van der Waals surface area contributed by atoms with E-state index in [0.717, 1.165) is 12.1 Å². The Balaban J connectivity index is 3.18. The fraction of sp³-hybridized carbons (Fsp3) is 0.333. The molecule has 0 aromatic heterocycles. The highest BCUT2D eigenvalue weighted by Gasteiger charge is 2.27. The largest absolute Gasteiger partial charge is 0.467 e. The van der Waals surface area contributed by atoms with Crippen molar-refractivity contribution in [1.29, 1.82) is 0 Å². The van der Waals surface area contributed by atoms with E-state index in [1.165, 1.54) is 14.0 Å². The first-order valence-corrected chi connectivity index (χ1v) is 5.34. The van der Waals surface area contributed by atoms with Crippen LogP contribution in [0.4, 0.5) is 8.78 Å². The third-order valence-electron chi connectivity index (χ3n) is 2.08. The first kappa shape index (κ1) is 15.0. The smallest absolute Gasteiger partial charge is 0.379 e. The predicted molar refractivity (Wildman–Crippen MR) is 59.8 cm³/mol. The second-order valence-electron chi connectivity index (χ2n) is 3.33. The van der Waals surface area contributed by atoms with Gasteiger partial charge in [0.15, 0.2) is 18.4 Å². The van der Waals surface area contributed by atoms with E-state index in [4.69, 9.17) is 4.74 Å². The summed E-state index contributed by atoms with van der Waals surface area (Å²) in [5, 5.41) is 0. The number of methoxy groups -OCH3 is 1. The van der Waals surface area contributed by atoms with Gasteiger partial charge in [-0.05, 0) is 19.1 Å². The van der Waals surface area contributed by atoms with Crippen LogP contribution in [-0.4, -0.2) is 32.3 Å². The summed E-state index contributed by atoms with van der Waals surface area (Å²) in [5.41, 5.74) is -0.810. The van der Waals surface area contributed by atoms with Gasteiger partial charge in [-0.2, -0.15) is 0 Å². The predicted octanol–water partition coefficient (Wildman–Crippen LogP) is 1.69. The highest BCUT2D eigenvalue weighted by molar-refractivity contribution is 6.41. The van der Waals surface area contributed by atoms with Crippen LogP contribution in [0.1, 0.15) is 17.3 Å². The number of esters is 1. The number of hydrogen-bond acceptors (Lipinski definition) is 5. The van der Waals surface area contributed by atoms with Gasteiger partial charge in [0.2, 0.25) is 0 Å². The maximum absolute atomic E-state index is 13.6. The third kappa shape index (κ3) is 3.47. The van der Waals surface area contributed by atoms with Crippen LogP contribution in [0.5, 0.6) is 5.75 Å². The normalized spacial score (nSPS) is 10.1. The quantitative estimate of drug-likeness (QED) is 0.342. The zero-order chi connectivity index (χ0) is 14.4. The van der Waals surface area contributed by atoms with Gasteiger partial charge in [-0.25, -0.2) is 13.6 Å². The third-order valence-corrected chi connectivity index (χ3v) is 2.08. The van der Waals surface area contributed by atoms with E-state index in [2.05, 4.69) is 9.47 Å². The van der Waals surface area contributed by atoms with Crippen molar-refractivity contribution < 1.29 is 32.6 Å². The average molecular weight is 274 g/mol. The lowest BCUT2D eigenvalue weighted by Crippen LogP contribution is -2.20. The minimum atomic E-state index is -1.47. The summed E-state index contributed by atoms with van der Waals surface area (Å²) in [6.45, 7) is 1.14. The lowest BCUT2D eigenvalue weighted by atomic mass is 10.1. The number of ketones is 1. The molecule has 0 spiro atoms. The number of hydrogen-bond donors (Lipinski definition) is 0. The molecule has 0 amide bonds. The minimum Gasteiger partial charge on any atom is -0.467 e. The van der Waals surface area contributed by atoms with Crippen LogP contribution < -0.4 is 4.74 Å². The van der Waals surface area contributed by atoms with Gasteiger partial charge in [0.1, 0.15) is 11.3 Å². The zero-order valence-electron chi connectivity index (χ0n) is 10.4. The molecule has 0 aliphatic heterocycles. The molecule has 0 saturated carbocycles. The molecule has 0 bridgehead atoms. The van der Waals surface area contributed by atoms with Crippen molar-refractivity contribution in [2.45, 2.75) is 6.92 Å². The Morgan fingerprint density at radius 1 is 1.26 bits per heavy atom. The molecule has 1 aromatic rings. The van der Waals surface area contributed by atoms with E-state index in [9.17, 15) is 18.4 Å². The molecule has 0 saturated heterocycles. The zero-order valence-corrected chi connectivity index (χ0v) is 10.4. The molecule has 0 atom stereocenters. The van der Waals surface area contributed by atoms with Gasteiger partial charge < -0.3 is 14.2 Å². The second kappa shape index (κ2) is 6.79. The number of halogens is 2. The first-order chi connectivity index (χ1) is 9.02. The lowest BCUT2D eigenvalue weighted by molar-refractivity contribution is -0.137. The molecule has 1 rings (SSSR count). The van der Waals surface area contributed by atoms with E-state index in [1.807, 2.05) is 0 Å². The van der Waals surface area contributed by atoms with Crippen LogP contribution in [-0.2, 0) is 14.3 Å².